The number of nitrogens with one attached hydrogen (secondary N) is 1. The number of carbonyl (C=O) groups excluding carboxylic acids is 1. The third-order valence-electron chi connectivity index (χ3n) is 5.43. The first-order valence-corrected chi connectivity index (χ1v) is 10.6. The van der Waals surface area contributed by atoms with E-state index in [-0.39, 0.29) is 17.2 Å². The number of carbonyl (C=O) groups is 1. The van der Waals surface area contributed by atoms with Gasteiger partial charge < -0.3 is 10.1 Å². The Morgan fingerprint density at radius 2 is 1.77 bits per heavy atom. The second kappa shape index (κ2) is 10.5. The Hall–Kier alpha value is -2.51. The lowest BCUT2D eigenvalue weighted by Crippen LogP contribution is -2.38. The first-order valence-electron chi connectivity index (χ1n) is 10.6. The minimum Gasteiger partial charge on any atom is -0.383 e. The van der Waals surface area contributed by atoms with Gasteiger partial charge in [0, 0.05) is 39.4 Å². The maximum atomic E-state index is 12.4. The smallest absolute Gasteiger partial charge is 0.271 e. The molecule has 0 radical (unpaired) electrons. The lowest BCUT2D eigenvalue weighted by atomic mass is 9.91. The lowest BCUT2D eigenvalue weighted by molar-refractivity contribution is 0.0942. The van der Waals surface area contributed by atoms with Gasteiger partial charge in [0.05, 0.1) is 13.2 Å². The fourth-order valence-corrected chi connectivity index (χ4v) is 4.12. The molecule has 2 heterocycles. The summed E-state index contributed by atoms with van der Waals surface area (Å²) in [5.41, 5.74) is 2.28. The Morgan fingerprint density at radius 1 is 1.10 bits per heavy atom. The fourth-order valence-electron chi connectivity index (χ4n) is 4.12. The number of hydrogen-bond acceptors (Lipinski definition) is 5. The molecule has 162 valence electrons. The van der Waals surface area contributed by atoms with Crippen LogP contribution in [0.1, 0.15) is 41.9 Å². The molecule has 1 aromatic carbocycles. The SMILES string of the molecule is COCCn1nc(C(=O)NCc2ccc(CN3C[C@H](C)C[C@@H](C)C3)cc2)ccc1=O. The molecular weight excluding hydrogens is 380 g/mol. The maximum absolute atomic E-state index is 12.4. The van der Waals surface area contributed by atoms with E-state index in [4.69, 9.17) is 4.74 Å². The first kappa shape index (κ1) is 22.2. The maximum Gasteiger partial charge on any atom is 0.271 e. The Morgan fingerprint density at radius 3 is 2.43 bits per heavy atom. The van der Waals surface area contributed by atoms with Crippen molar-refractivity contribution in [3.8, 4) is 0 Å². The molecular formula is C23H32N4O3. The minimum atomic E-state index is -0.304. The van der Waals surface area contributed by atoms with Gasteiger partial charge in [-0.15, -0.1) is 0 Å². The van der Waals surface area contributed by atoms with Crippen molar-refractivity contribution >= 4 is 5.91 Å². The van der Waals surface area contributed by atoms with Crippen LogP contribution in [0.5, 0.6) is 0 Å². The van der Waals surface area contributed by atoms with Crippen molar-refractivity contribution in [2.24, 2.45) is 11.8 Å². The number of hydrogen-bond donors (Lipinski definition) is 1. The van der Waals surface area contributed by atoms with E-state index < -0.39 is 0 Å². The van der Waals surface area contributed by atoms with Gasteiger partial charge in [-0.1, -0.05) is 38.1 Å². The number of piperidine rings is 1. The van der Waals surface area contributed by atoms with Crippen LogP contribution in [0, 0.1) is 11.8 Å². The molecule has 30 heavy (non-hydrogen) atoms. The Bertz CT molecular complexity index is 884. The van der Waals surface area contributed by atoms with E-state index in [9.17, 15) is 9.59 Å². The molecule has 1 amide bonds. The van der Waals surface area contributed by atoms with Crippen LogP contribution in [0.3, 0.4) is 0 Å². The molecule has 7 nitrogen and oxygen atoms in total. The van der Waals surface area contributed by atoms with Crippen molar-refractivity contribution in [2.45, 2.75) is 39.9 Å². The summed E-state index contributed by atoms with van der Waals surface area (Å²) in [6, 6.07) is 11.2. The van der Waals surface area contributed by atoms with Crippen LogP contribution in [-0.4, -0.2) is 47.4 Å². The van der Waals surface area contributed by atoms with Crippen molar-refractivity contribution in [2.75, 3.05) is 26.8 Å². The number of likely N-dealkylation sites (tertiary alicyclic amines) is 1. The van der Waals surface area contributed by atoms with Gasteiger partial charge in [0.1, 0.15) is 5.69 Å². The van der Waals surface area contributed by atoms with E-state index in [0.29, 0.717) is 19.7 Å². The summed E-state index contributed by atoms with van der Waals surface area (Å²) >= 11 is 0. The monoisotopic (exact) mass is 412 g/mol. The molecule has 1 aliphatic rings. The van der Waals surface area contributed by atoms with Gasteiger partial charge in [0.25, 0.3) is 11.5 Å². The highest BCUT2D eigenvalue weighted by Gasteiger charge is 2.21. The van der Waals surface area contributed by atoms with Crippen LogP contribution in [0.25, 0.3) is 0 Å². The highest BCUT2D eigenvalue weighted by Crippen LogP contribution is 2.22. The lowest BCUT2D eigenvalue weighted by Gasteiger charge is -2.35. The van der Waals surface area contributed by atoms with E-state index >= 15 is 0 Å². The summed E-state index contributed by atoms with van der Waals surface area (Å²) in [6.45, 7) is 9.01. The average molecular weight is 413 g/mol. The van der Waals surface area contributed by atoms with Gasteiger partial charge in [-0.2, -0.15) is 5.10 Å². The van der Waals surface area contributed by atoms with Gasteiger partial charge in [0.15, 0.2) is 0 Å². The number of aromatic nitrogens is 2. The molecule has 0 spiro atoms. The molecule has 1 saturated heterocycles. The Balaban J connectivity index is 1.53. The largest absolute Gasteiger partial charge is 0.383 e. The molecule has 0 saturated carbocycles. The average Bonchev–Trinajstić information content (AvgIpc) is 2.71. The molecule has 7 heteroatoms. The zero-order chi connectivity index (χ0) is 21.5. The van der Waals surface area contributed by atoms with E-state index in [0.717, 1.165) is 37.0 Å². The standard InChI is InChI=1S/C23H32N4O3/c1-17-12-18(2)15-26(14-17)16-20-6-4-19(5-7-20)13-24-23(29)21-8-9-22(28)27(25-21)10-11-30-3/h4-9,17-18H,10-16H2,1-3H3,(H,24,29)/t17-,18-/m1/s1. The third-order valence-corrected chi connectivity index (χ3v) is 5.43. The van der Waals surface area contributed by atoms with Gasteiger partial charge in [-0.3, -0.25) is 14.5 Å². The van der Waals surface area contributed by atoms with Crippen molar-refractivity contribution < 1.29 is 9.53 Å². The summed E-state index contributed by atoms with van der Waals surface area (Å²) in [7, 11) is 1.56. The minimum absolute atomic E-state index is 0.218. The topological polar surface area (TPSA) is 76.5 Å². The fraction of sp³-hybridized carbons (Fsp3) is 0.522. The number of amides is 1. The van der Waals surface area contributed by atoms with Crippen LogP contribution in [0.15, 0.2) is 41.2 Å². The summed E-state index contributed by atoms with van der Waals surface area (Å²) in [6.07, 6.45) is 1.31. The molecule has 1 aromatic heterocycles. The summed E-state index contributed by atoms with van der Waals surface area (Å²) in [4.78, 5) is 26.7. The van der Waals surface area contributed by atoms with Crippen molar-refractivity contribution in [1.82, 2.24) is 20.0 Å². The molecule has 1 aliphatic heterocycles. The molecule has 2 aromatic rings. The van der Waals surface area contributed by atoms with Gasteiger partial charge >= 0.3 is 0 Å². The molecule has 1 fully saturated rings. The number of benzene rings is 1. The van der Waals surface area contributed by atoms with Crippen LogP contribution < -0.4 is 10.9 Å². The Kier molecular flexibility index (Phi) is 7.76. The first-order chi connectivity index (χ1) is 14.4. The summed E-state index contributed by atoms with van der Waals surface area (Å²) in [5, 5.41) is 6.99. The van der Waals surface area contributed by atoms with Crippen LogP contribution in [0.2, 0.25) is 0 Å². The number of nitrogens with zero attached hydrogens (tertiary/aromatic N) is 3. The second-order valence-corrected chi connectivity index (χ2v) is 8.41. The van der Waals surface area contributed by atoms with Gasteiger partial charge in [-0.05, 0) is 35.4 Å². The van der Waals surface area contributed by atoms with Crippen LogP contribution >= 0.6 is 0 Å². The number of rotatable bonds is 8. The van der Waals surface area contributed by atoms with Crippen molar-refractivity contribution in [1.29, 1.82) is 0 Å². The number of ether oxygens (including phenoxy) is 1. The van der Waals surface area contributed by atoms with E-state index in [1.54, 1.807) is 7.11 Å². The van der Waals surface area contributed by atoms with Crippen molar-refractivity contribution in [3.05, 3.63) is 63.6 Å². The van der Waals surface area contributed by atoms with E-state index in [2.05, 4.69) is 53.4 Å². The molecule has 0 bridgehead atoms. The predicted molar refractivity (Wildman–Crippen MR) is 116 cm³/mol. The highest BCUT2D eigenvalue weighted by atomic mass is 16.5. The zero-order valence-electron chi connectivity index (χ0n) is 18.1. The molecule has 0 aliphatic carbocycles. The zero-order valence-corrected chi connectivity index (χ0v) is 18.1. The van der Waals surface area contributed by atoms with Crippen molar-refractivity contribution in [3.63, 3.8) is 0 Å². The quantitative estimate of drug-likeness (QED) is 0.720. The van der Waals surface area contributed by atoms with Gasteiger partial charge in [0.2, 0.25) is 0 Å². The molecule has 2 atom stereocenters. The summed E-state index contributed by atoms with van der Waals surface area (Å²) < 4.78 is 6.22. The second-order valence-electron chi connectivity index (χ2n) is 8.41. The van der Waals surface area contributed by atoms with Gasteiger partial charge in [-0.25, -0.2) is 4.68 Å². The molecule has 1 N–H and O–H groups in total. The highest BCUT2D eigenvalue weighted by molar-refractivity contribution is 5.91. The summed E-state index contributed by atoms with van der Waals surface area (Å²) in [5.74, 6) is 1.20. The van der Waals surface area contributed by atoms with E-state index in [1.807, 2.05) is 0 Å². The molecule has 3 rings (SSSR count). The molecule has 0 unspecified atom stereocenters. The van der Waals surface area contributed by atoms with Crippen LogP contribution in [0.4, 0.5) is 0 Å². The third kappa shape index (κ3) is 6.24. The van der Waals surface area contributed by atoms with E-state index in [1.165, 1.54) is 28.8 Å². The Labute approximate surface area is 178 Å². The normalized spacial score (nSPS) is 19.6. The number of methoxy groups -OCH3 is 1. The predicted octanol–water partition coefficient (Wildman–Crippen LogP) is 2.30. The van der Waals surface area contributed by atoms with Crippen LogP contribution in [-0.2, 0) is 24.4 Å².